The quantitative estimate of drug-likeness (QED) is 0.605. The molecule has 0 amide bonds. The first kappa shape index (κ1) is 20.1. The van der Waals surface area contributed by atoms with Crippen molar-refractivity contribution in [3.8, 4) is 11.3 Å². The summed E-state index contributed by atoms with van der Waals surface area (Å²) in [5.74, 6) is 0. The maximum absolute atomic E-state index is 12.3. The molecule has 0 atom stereocenters. The van der Waals surface area contributed by atoms with Crippen LogP contribution in [0.15, 0.2) is 47.5 Å². The second-order valence-electron chi connectivity index (χ2n) is 8.45. The van der Waals surface area contributed by atoms with Crippen molar-refractivity contribution in [3.05, 3.63) is 64.5 Å². The highest BCUT2D eigenvalue weighted by atomic mass is 16.1. The smallest absolute Gasteiger partial charge is 0.266 e. The van der Waals surface area contributed by atoms with Crippen LogP contribution in [0.25, 0.3) is 11.3 Å². The Morgan fingerprint density at radius 2 is 1.77 bits per heavy atom. The van der Waals surface area contributed by atoms with Gasteiger partial charge in [-0.1, -0.05) is 0 Å². The Morgan fingerprint density at radius 3 is 2.58 bits per heavy atom. The van der Waals surface area contributed by atoms with Crippen molar-refractivity contribution in [1.29, 1.82) is 0 Å². The Bertz CT molecular complexity index is 1040. The van der Waals surface area contributed by atoms with Gasteiger partial charge in [0, 0.05) is 75.5 Å². The highest BCUT2D eigenvalue weighted by molar-refractivity contribution is 5.56. The fourth-order valence-corrected chi connectivity index (χ4v) is 4.47. The molecular weight excluding hydrogens is 390 g/mol. The first-order valence-corrected chi connectivity index (χ1v) is 11.2. The molecule has 5 rings (SSSR count). The number of aryl methyl sites for hydroxylation is 2. The van der Waals surface area contributed by atoms with Gasteiger partial charge in [-0.3, -0.25) is 24.3 Å². The molecular formula is C23H29N7O. The standard InChI is InChI=1S/C23H29N7O/c31-23-7-6-22(19-4-3-8-24-17-19)26-30(23)15-14-27-10-12-28(13-11-27)18-20-16-21-5-1-2-9-29(21)25-20/h3-4,6-8,16-17H,1-2,5,9-15,18H2. The number of nitrogens with zero attached hydrogens (tertiary/aromatic N) is 7. The summed E-state index contributed by atoms with van der Waals surface area (Å²) < 4.78 is 3.77. The molecule has 0 N–H and O–H groups in total. The minimum atomic E-state index is -0.0602. The predicted molar refractivity (Wildman–Crippen MR) is 119 cm³/mol. The van der Waals surface area contributed by atoms with Crippen LogP contribution in [-0.2, 0) is 26.1 Å². The third-order valence-corrected chi connectivity index (χ3v) is 6.27. The topological polar surface area (TPSA) is 72.1 Å². The van der Waals surface area contributed by atoms with Crippen molar-refractivity contribution in [2.45, 2.75) is 38.9 Å². The Hall–Kier alpha value is -2.84. The summed E-state index contributed by atoms with van der Waals surface area (Å²) in [6.07, 6.45) is 7.20. The van der Waals surface area contributed by atoms with E-state index in [9.17, 15) is 4.79 Å². The SMILES string of the molecule is O=c1ccc(-c2cccnc2)nn1CCN1CCN(Cc2cc3n(n2)CCCC3)CC1. The van der Waals surface area contributed by atoms with Gasteiger partial charge in [0.2, 0.25) is 0 Å². The third-order valence-electron chi connectivity index (χ3n) is 6.27. The summed E-state index contributed by atoms with van der Waals surface area (Å²) in [4.78, 5) is 21.3. The van der Waals surface area contributed by atoms with Gasteiger partial charge in [0.15, 0.2) is 0 Å². The molecule has 8 heteroatoms. The average molecular weight is 420 g/mol. The largest absolute Gasteiger partial charge is 0.299 e. The molecule has 8 nitrogen and oxygen atoms in total. The van der Waals surface area contributed by atoms with Crippen LogP contribution in [0.3, 0.4) is 0 Å². The van der Waals surface area contributed by atoms with Crippen molar-refractivity contribution < 1.29 is 0 Å². The molecule has 3 aromatic heterocycles. The normalized spacial score (nSPS) is 17.5. The van der Waals surface area contributed by atoms with E-state index in [1.165, 1.54) is 24.2 Å². The maximum atomic E-state index is 12.3. The van der Waals surface area contributed by atoms with E-state index < -0.39 is 0 Å². The average Bonchev–Trinajstić information content (AvgIpc) is 3.22. The summed E-state index contributed by atoms with van der Waals surface area (Å²) in [5.41, 5.74) is 4.24. The van der Waals surface area contributed by atoms with E-state index in [1.54, 1.807) is 29.2 Å². The second kappa shape index (κ2) is 9.11. The van der Waals surface area contributed by atoms with Crippen molar-refractivity contribution >= 4 is 0 Å². The summed E-state index contributed by atoms with van der Waals surface area (Å²) in [5, 5.41) is 9.34. The molecule has 0 spiro atoms. The second-order valence-corrected chi connectivity index (χ2v) is 8.45. The third kappa shape index (κ3) is 4.75. The van der Waals surface area contributed by atoms with Gasteiger partial charge in [0.25, 0.3) is 5.56 Å². The van der Waals surface area contributed by atoms with E-state index in [0.29, 0.717) is 6.54 Å². The van der Waals surface area contributed by atoms with Crippen LogP contribution in [0.5, 0.6) is 0 Å². The van der Waals surface area contributed by atoms with Crippen LogP contribution in [0.4, 0.5) is 0 Å². The van der Waals surface area contributed by atoms with Crippen molar-refractivity contribution in [3.63, 3.8) is 0 Å². The fourth-order valence-electron chi connectivity index (χ4n) is 4.47. The fraction of sp³-hybridized carbons (Fsp3) is 0.478. The zero-order chi connectivity index (χ0) is 21.0. The van der Waals surface area contributed by atoms with Crippen LogP contribution in [-0.4, -0.2) is 67.1 Å². The number of hydrogen-bond donors (Lipinski definition) is 0. The highest BCUT2D eigenvalue weighted by Crippen LogP contribution is 2.17. The Balaban J connectivity index is 1.14. The van der Waals surface area contributed by atoms with Gasteiger partial charge in [0.1, 0.15) is 0 Å². The molecule has 5 heterocycles. The molecule has 1 saturated heterocycles. The van der Waals surface area contributed by atoms with Crippen LogP contribution in [0.1, 0.15) is 24.2 Å². The first-order chi connectivity index (χ1) is 15.2. The molecule has 0 aliphatic carbocycles. The lowest BCUT2D eigenvalue weighted by Gasteiger charge is -2.34. The lowest BCUT2D eigenvalue weighted by atomic mass is 10.1. The minimum Gasteiger partial charge on any atom is -0.299 e. The van der Waals surface area contributed by atoms with Crippen molar-refractivity contribution in [2.75, 3.05) is 32.7 Å². The molecule has 0 bridgehead atoms. The van der Waals surface area contributed by atoms with Crippen molar-refractivity contribution in [2.24, 2.45) is 0 Å². The Labute approximate surface area is 182 Å². The van der Waals surface area contributed by atoms with Crippen LogP contribution >= 0.6 is 0 Å². The number of hydrogen-bond acceptors (Lipinski definition) is 6. The lowest BCUT2D eigenvalue weighted by molar-refractivity contribution is 0.121. The van der Waals surface area contributed by atoms with Crippen molar-refractivity contribution in [1.82, 2.24) is 34.3 Å². The summed E-state index contributed by atoms with van der Waals surface area (Å²) in [6.45, 7) is 7.49. The predicted octanol–water partition coefficient (Wildman–Crippen LogP) is 1.66. The summed E-state index contributed by atoms with van der Waals surface area (Å²) in [6, 6.07) is 9.49. The van der Waals surface area contributed by atoms with E-state index >= 15 is 0 Å². The van der Waals surface area contributed by atoms with Gasteiger partial charge in [0.05, 0.1) is 17.9 Å². The first-order valence-electron chi connectivity index (χ1n) is 11.2. The Kier molecular flexibility index (Phi) is 5.90. The number of rotatable bonds is 6. The van der Waals surface area contributed by atoms with Crippen LogP contribution < -0.4 is 5.56 Å². The van der Waals surface area contributed by atoms with E-state index in [-0.39, 0.29) is 5.56 Å². The van der Waals surface area contributed by atoms with Crippen LogP contribution in [0, 0.1) is 0 Å². The van der Waals surface area contributed by atoms with Gasteiger partial charge in [-0.2, -0.15) is 10.2 Å². The molecule has 31 heavy (non-hydrogen) atoms. The zero-order valence-corrected chi connectivity index (χ0v) is 17.9. The summed E-state index contributed by atoms with van der Waals surface area (Å²) in [7, 11) is 0. The monoisotopic (exact) mass is 419 g/mol. The Morgan fingerprint density at radius 1 is 0.903 bits per heavy atom. The molecule has 0 saturated carbocycles. The van der Waals surface area contributed by atoms with Crippen LogP contribution in [0.2, 0.25) is 0 Å². The molecule has 0 unspecified atom stereocenters. The number of fused-ring (bicyclic) bond motifs is 1. The van der Waals surface area contributed by atoms with Gasteiger partial charge < -0.3 is 0 Å². The number of piperazine rings is 1. The minimum absolute atomic E-state index is 0.0602. The molecule has 162 valence electrons. The molecule has 0 aromatic carbocycles. The van der Waals surface area contributed by atoms with E-state index in [1.807, 2.05) is 12.1 Å². The van der Waals surface area contributed by atoms with Gasteiger partial charge in [-0.15, -0.1) is 0 Å². The van der Waals surface area contributed by atoms with Gasteiger partial charge in [-0.05, 0) is 43.5 Å². The molecule has 2 aliphatic rings. The number of pyridine rings is 1. The van der Waals surface area contributed by atoms with E-state index in [2.05, 4.69) is 30.6 Å². The zero-order valence-electron chi connectivity index (χ0n) is 17.9. The van der Waals surface area contributed by atoms with E-state index in [4.69, 9.17) is 5.10 Å². The number of aromatic nitrogens is 5. The van der Waals surface area contributed by atoms with Gasteiger partial charge >= 0.3 is 0 Å². The van der Waals surface area contributed by atoms with Gasteiger partial charge in [-0.25, -0.2) is 4.68 Å². The molecule has 0 radical (unpaired) electrons. The maximum Gasteiger partial charge on any atom is 0.266 e. The van der Waals surface area contributed by atoms with E-state index in [0.717, 1.165) is 63.5 Å². The highest BCUT2D eigenvalue weighted by Gasteiger charge is 2.19. The lowest BCUT2D eigenvalue weighted by Crippen LogP contribution is -2.47. The molecule has 2 aliphatic heterocycles. The molecule has 3 aromatic rings. The molecule has 1 fully saturated rings. The summed E-state index contributed by atoms with van der Waals surface area (Å²) >= 11 is 0.